The zero-order valence-electron chi connectivity index (χ0n) is 14.1. The Morgan fingerprint density at radius 1 is 1.08 bits per heavy atom. The molecule has 0 spiro atoms. The summed E-state index contributed by atoms with van der Waals surface area (Å²) >= 11 is 12.0. The molecule has 0 aromatic heterocycles. The van der Waals surface area contributed by atoms with Crippen LogP contribution in [0.5, 0.6) is 0 Å². The minimum atomic E-state index is -3.89. The Labute approximate surface area is 162 Å². The van der Waals surface area contributed by atoms with Crippen molar-refractivity contribution in [3.8, 4) is 0 Å². The molecule has 0 radical (unpaired) electrons. The number of nitrogens with one attached hydrogen (secondary N) is 2. The molecule has 1 amide bonds. The van der Waals surface area contributed by atoms with Gasteiger partial charge in [-0.3, -0.25) is 10.0 Å². The topological polar surface area (TPSA) is 84.5 Å². The first-order chi connectivity index (χ1) is 12.2. The molecule has 2 aromatic carbocycles. The summed E-state index contributed by atoms with van der Waals surface area (Å²) in [7, 11) is -3.89. The van der Waals surface area contributed by atoms with Gasteiger partial charge in [0.15, 0.2) is 0 Å². The molecule has 0 saturated carbocycles. The molecule has 0 aliphatic rings. The largest absolute Gasteiger partial charge is 0.449 e. The molecule has 0 unspecified atom stereocenters. The number of sulfonamides is 1. The Balaban J connectivity index is 2.10. The molecule has 2 N–H and O–H groups in total. The third-order valence-electron chi connectivity index (χ3n) is 3.16. The predicted molar refractivity (Wildman–Crippen MR) is 104 cm³/mol. The smallest absolute Gasteiger partial charge is 0.411 e. The van der Waals surface area contributed by atoms with Crippen LogP contribution in [0.15, 0.2) is 47.4 Å². The maximum Gasteiger partial charge on any atom is 0.411 e. The minimum Gasteiger partial charge on any atom is -0.449 e. The van der Waals surface area contributed by atoms with Crippen molar-refractivity contribution in [2.75, 3.05) is 16.6 Å². The molecule has 0 fully saturated rings. The van der Waals surface area contributed by atoms with Gasteiger partial charge in [0.25, 0.3) is 10.0 Å². The van der Waals surface area contributed by atoms with Crippen molar-refractivity contribution >= 4 is 50.7 Å². The van der Waals surface area contributed by atoms with Crippen LogP contribution in [0.2, 0.25) is 10.0 Å². The van der Waals surface area contributed by atoms with Gasteiger partial charge >= 0.3 is 6.09 Å². The second-order valence-electron chi connectivity index (χ2n) is 5.84. The maximum atomic E-state index is 12.5. The monoisotopic (exact) mass is 416 g/mol. The molecule has 0 atom stereocenters. The number of rotatable bonds is 6. The second kappa shape index (κ2) is 8.62. The fourth-order valence-corrected chi connectivity index (χ4v) is 3.61. The SMILES string of the molecule is CC(C)COC(=O)Nc1ccc(S(=O)(=O)Nc2c(Cl)cccc2Cl)cc1. The number of ether oxygens (including phenoxy) is 1. The van der Waals surface area contributed by atoms with Crippen molar-refractivity contribution < 1.29 is 17.9 Å². The Morgan fingerprint density at radius 3 is 2.19 bits per heavy atom. The van der Waals surface area contributed by atoms with Crippen LogP contribution in [0.25, 0.3) is 0 Å². The Bertz CT molecular complexity index is 864. The standard InChI is InChI=1S/C17H18Cl2N2O4S/c1-11(2)10-25-17(22)20-12-6-8-13(9-7-12)26(23,24)21-16-14(18)4-3-5-15(16)19/h3-9,11,21H,10H2,1-2H3,(H,20,22). The van der Waals surface area contributed by atoms with Crippen LogP contribution in [0.4, 0.5) is 16.2 Å². The number of benzene rings is 2. The van der Waals surface area contributed by atoms with Gasteiger partial charge in [0, 0.05) is 5.69 Å². The van der Waals surface area contributed by atoms with Gasteiger partial charge in [-0.1, -0.05) is 43.1 Å². The summed E-state index contributed by atoms with van der Waals surface area (Å²) in [5.74, 6) is 0.218. The van der Waals surface area contributed by atoms with Gasteiger partial charge in [0.05, 0.1) is 27.2 Å². The van der Waals surface area contributed by atoms with E-state index >= 15 is 0 Å². The van der Waals surface area contributed by atoms with Gasteiger partial charge in [0.2, 0.25) is 0 Å². The average molecular weight is 417 g/mol. The van der Waals surface area contributed by atoms with Gasteiger partial charge in [0.1, 0.15) is 0 Å². The van der Waals surface area contributed by atoms with E-state index in [1.165, 1.54) is 36.4 Å². The van der Waals surface area contributed by atoms with Crippen LogP contribution in [-0.2, 0) is 14.8 Å². The van der Waals surface area contributed by atoms with Crippen molar-refractivity contribution in [2.45, 2.75) is 18.7 Å². The number of hydrogen-bond donors (Lipinski definition) is 2. The minimum absolute atomic E-state index is 0.00501. The van der Waals surface area contributed by atoms with E-state index in [1.54, 1.807) is 6.07 Å². The first-order valence-electron chi connectivity index (χ1n) is 7.69. The quantitative estimate of drug-likeness (QED) is 0.693. The normalized spacial score (nSPS) is 11.3. The van der Waals surface area contributed by atoms with Crippen molar-refractivity contribution in [1.29, 1.82) is 0 Å². The highest BCUT2D eigenvalue weighted by Crippen LogP contribution is 2.31. The van der Waals surface area contributed by atoms with E-state index in [0.29, 0.717) is 12.3 Å². The number of para-hydroxylation sites is 1. The number of anilines is 2. The number of halogens is 2. The Morgan fingerprint density at radius 2 is 1.65 bits per heavy atom. The summed E-state index contributed by atoms with van der Waals surface area (Å²) < 4.78 is 32.3. The lowest BCUT2D eigenvalue weighted by molar-refractivity contribution is 0.147. The molecule has 0 aliphatic carbocycles. The van der Waals surface area contributed by atoms with E-state index in [9.17, 15) is 13.2 Å². The molecule has 0 saturated heterocycles. The predicted octanol–water partition coefficient (Wildman–Crippen LogP) is 5.00. The molecule has 9 heteroatoms. The van der Waals surface area contributed by atoms with Crippen molar-refractivity contribution in [3.05, 3.63) is 52.5 Å². The van der Waals surface area contributed by atoms with Crippen molar-refractivity contribution in [3.63, 3.8) is 0 Å². The number of amides is 1. The third-order valence-corrected chi connectivity index (χ3v) is 5.15. The molecule has 0 aliphatic heterocycles. The molecule has 0 bridgehead atoms. The molecular formula is C17H18Cl2N2O4S. The van der Waals surface area contributed by atoms with Gasteiger partial charge in [-0.2, -0.15) is 0 Å². The second-order valence-corrected chi connectivity index (χ2v) is 8.34. The summed E-state index contributed by atoms with van der Waals surface area (Å²) in [5.41, 5.74) is 0.517. The van der Waals surface area contributed by atoms with Gasteiger partial charge < -0.3 is 4.74 Å². The number of carbonyl (C=O) groups excluding carboxylic acids is 1. The van der Waals surface area contributed by atoms with Crippen LogP contribution in [0.1, 0.15) is 13.8 Å². The van der Waals surface area contributed by atoms with E-state index in [1.807, 2.05) is 13.8 Å². The van der Waals surface area contributed by atoms with Crippen LogP contribution < -0.4 is 10.0 Å². The van der Waals surface area contributed by atoms with Crippen LogP contribution in [0.3, 0.4) is 0 Å². The highest BCUT2D eigenvalue weighted by atomic mass is 35.5. The zero-order valence-corrected chi connectivity index (χ0v) is 16.5. The molecule has 140 valence electrons. The number of hydrogen-bond acceptors (Lipinski definition) is 4. The molecule has 0 heterocycles. The summed E-state index contributed by atoms with van der Waals surface area (Å²) in [6, 6.07) is 10.3. The highest BCUT2D eigenvalue weighted by Gasteiger charge is 2.18. The van der Waals surface area contributed by atoms with Crippen LogP contribution in [-0.4, -0.2) is 21.1 Å². The Hall–Kier alpha value is -1.96. The van der Waals surface area contributed by atoms with Crippen molar-refractivity contribution in [2.24, 2.45) is 5.92 Å². The first-order valence-corrected chi connectivity index (χ1v) is 9.93. The number of carbonyl (C=O) groups is 1. The van der Waals surface area contributed by atoms with Crippen molar-refractivity contribution in [1.82, 2.24) is 0 Å². The van der Waals surface area contributed by atoms with Crippen LogP contribution in [0, 0.1) is 5.92 Å². The van der Waals surface area contributed by atoms with E-state index in [2.05, 4.69) is 10.0 Å². The lowest BCUT2D eigenvalue weighted by atomic mass is 10.2. The molecule has 2 rings (SSSR count). The van der Waals surface area contributed by atoms with E-state index in [0.717, 1.165) is 0 Å². The molecule has 2 aromatic rings. The van der Waals surface area contributed by atoms with Gasteiger partial charge in [-0.05, 0) is 42.3 Å². The molecule has 26 heavy (non-hydrogen) atoms. The van der Waals surface area contributed by atoms with E-state index in [4.69, 9.17) is 27.9 Å². The summed E-state index contributed by atoms with van der Waals surface area (Å²) in [6.45, 7) is 4.14. The van der Waals surface area contributed by atoms with Gasteiger partial charge in [-0.25, -0.2) is 13.2 Å². The van der Waals surface area contributed by atoms with Gasteiger partial charge in [-0.15, -0.1) is 0 Å². The highest BCUT2D eigenvalue weighted by molar-refractivity contribution is 7.92. The lowest BCUT2D eigenvalue weighted by Gasteiger charge is -2.12. The zero-order chi connectivity index (χ0) is 19.3. The summed E-state index contributed by atoms with van der Waals surface area (Å²) in [6.07, 6.45) is -0.602. The average Bonchev–Trinajstić information content (AvgIpc) is 2.57. The third kappa shape index (κ3) is 5.52. The summed E-state index contributed by atoms with van der Waals surface area (Å²) in [5, 5.41) is 2.90. The van der Waals surface area contributed by atoms with E-state index in [-0.39, 0.29) is 26.5 Å². The molecular weight excluding hydrogens is 399 g/mol. The Kier molecular flexibility index (Phi) is 6.75. The van der Waals surface area contributed by atoms with E-state index < -0.39 is 16.1 Å². The lowest BCUT2D eigenvalue weighted by Crippen LogP contribution is -2.17. The van der Waals surface area contributed by atoms with Crippen LogP contribution >= 0.6 is 23.2 Å². The fourth-order valence-electron chi connectivity index (χ4n) is 1.90. The maximum absolute atomic E-state index is 12.5. The first kappa shape index (κ1) is 20.4. The summed E-state index contributed by atoms with van der Waals surface area (Å²) in [4.78, 5) is 11.6. The fraction of sp³-hybridized carbons (Fsp3) is 0.235. The molecule has 6 nitrogen and oxygen atoms in total.